The van der Waals surface area contributed by atoms with Gasteiger partial charge in [-0.3, -0.25) is 9.59 Å². The van der Waals surface area contributed by atoms with Crippen LogP contribution in [0.15, 0.2) is 72.8 Å². The SMILES string of the molecule is COc1ccc(C(=O)CCC(=O)[O-])c2ccccc12.COc1ccc(C(=O)CCC(=O)[O-])c2ccccc12.[Mg+2]. The topological polar surface area (TPSA) is 133 Å². The zero-order valence-corrected chi connectivity index (χ0v) is 23.1. The second kappa shape index (κ2) is 14.8. The molecule has 0 saturated carbocycles. The van der Waals surface area contributed by atoms with Crippen LogP contribution in [0.25, 0.3) is 21.5 Å². The molecule has 0 aliphatic rings. The van der Waals surface area contributed by atoms with Crippen molar-refractivity contribution in [2.24, 2.45) is 0 Å². The summed E-state index contributed by atoms with van der Waals surface area (Å²) in [6.45, 7) is 0. The standard InChI is InChI=1S/2C15H14O4.Mg/c2*1-19-14-8-6-11(13(16)7-9-15(17)18)10-4-2-3-5-12(10)14;/h2*2-6,8H,7,9H2,1H3,(H,17,18);/q;;+2/p-2. The molecule has 0 unspecified atom stereocenters. The molecule has 9 heteroatoms. The predicted molar refractivity (Wildman–Crippen MR) is 144 cm³/mol. The molecule has 0 radical (unpaired) electrons. The third-order valence-electron chi connectivity index (χ3n) is 5.92. The van der Waals surface area contributed by atoms with Crippen molar-refractivity contribution in [3.8, 4) is 11.5 Å². The quantitative estimate of drug-likeness (QED) is 0.222. The first-order valence-corrected chi connectivity index (χ1v) is 11.8. The van der Waals surface area contributed by atoms with Crippen molar-refractivity contribution in [2.75, 3.05) is 14.2 Å². The smallest absolute Gasteiger partial charge is 0.550 e. The number of fused-ring (bicyclic) bond motifs is 2. The van der Waals surface area contributed by atoms with E-state index < -0.39 is 11.9 Å². The Labute approximate surface area is 241 Å². The van der Waals surface area contributed by atoms with Gasteiger partial charge in [-0.2, -0.15) is 0 Å². The van der Waals surface area contributed by atoms with Crippen molar-refractivity contribution in [2.45, 2.75) is 25.7 Å². The van der Waals surface area contributed by atoms with Gasteiger partial charge in [0.15, 0.2) is 11.6 Å². The van der Waals surface area contributed by atoms with E-state index in [1.54, 1.807) is 38.5 Å². The van der Waals surface area contributed by atoms with Crippen molar-refractivity contribution in [3.05, 3.63) is 83.9 Å². The van der Waals surface area contributed by atoms with E-state index in [0.29, 0.717) is 22.6 Å². The summed E-state index contributed by atoms with van der Waals surface area (Å²) in [6.07, 6.45) is -0.643. The Balaban J connectivity index is 0.000000267. The summed E-state index contributed by atoms with van der Waals surface area (Å²) in [5.41, 5.74) is 1.02. The van der Waals surface area contributed by atoms with Gasteiger partial charge in [0, 0.05) is 46.7 Å². The van der Waals surface area contributed by atoms with Crippen LogP contribution in [0.2, 0.25) is 0 Å². The monoisotopic (exact) mass is 538 g/mol. The van der Waals surface area contributed by atoms with Gasteiger partial charge in [-0.1, -0.05) is 48.5 Å². The van der Waals surface area contributed by atoms with Crippen LogP contribution in [0.5, 0.6) is 11.5 Å². The summed E-state index contributed by atoms with van der Waals surface area (Å²) < 4.78 is 10.5. The molecule has 8 nitrogen and oxygen atoms in total. The number of benzene rings is 4. The van der Waals surface area contributed by atoms with Crippen LogP contribution in [0.3, 0.4) is 0 Å². The fourth-order valence-corrected chi connectivity index (χ4v) is 4.09. The van der Waals surface area contributed by atoms with Gasteiger partial charge >= 0.3 is 23.1 Å². The van der Waals surface area contributed by atoms with Gasteiger partial charge in [-0.15, -0.1) is 0 Å². The molecular weight excluding hydrogens is 513 g/mol. The van der Waals surface area contributed by atoms with Gasteiger partial charge < -0.3 is 29.3 Å². The molecule has 0 atom stereocenters. The summed E-state index contributed by atoms with van der Waals surface area (Å²) in [7, 11) is 3.14. The number of carbonyl (C=O) groups is 4. The van der Waals surface area contributed by atoms with E-state index in [9.17, 15) is 29.4 Å². The Bertz CT molecular complexity index is 1380. The van der Waals surface area contributed by atoms with Crippen LogP contribution in [0, 0.1) is 0 Å². The van der Waals surface area contributed by atoms with Crippen molar-refractivity contribution in [1.29, 1.82) is 0 Å². The maximum Gasteiger partial charge on any atom is 2.00 e. The van der Waals surface area contributed by atoms with E-state index >= 15 is 0 Å². The molecule has 39 heavy (non-hydrogen) atoms. The second-order valence-electron chi connectivity index (χ2n) is 8.31. The van der Waals surface area contributed by atoms with Crippen LogP contribution >= 0.6 is 0 Å². The number of carboxylic acid groups (broad SMARTS) is 2. The van der Waals surface area contributed by atoms with E-state index in [1.807, 2.05) is 48.5 Å². The van der Waals surface area contributed by atoms with Gasteiger partial charge in [-0.05, 0) is 47.9 Å². The first-order valence-electron chi connectivity index (χ1n) is 11.8. The van der Waals surface area contributed by atoms with Crippen LogP contribution in [-0.2, 0) is 9.59 Å². The summed E-state index contributed by atoms with van der Waals surface area (Å²) in [4.78, 5) is 44.9. The number of Topliss-reactive ketones (excluding diaryl/α,β-unsaturated/α-hetero) is 2. The van der Waals surface area contributed by atoms with Crippen molar-refractivity contribution in [3.63, 3.8) is 0 Å². The third kappa shape index (κ3) is 8.02. The largest absolute Gasteiger partial charge is 2.00 e. The average molecular weight is 539 g/mol. The first kappa shape index (κ1) is 31.3. The first-order chi connectivity index (χ1) is 18.3. The van der Waals surface area contributed by atoms with Crippen LogP contribution < -0.4 is 19.7 Å². The molecule has 0 saturated heterocycles. The molecule has 0 N–H and O–H groups in total. The van der Waals surface area contributed by atoms with Gasteiger partial charge in [0.1, 0.15) is 11.5 Å². The molecule has 0 spiro atoms. The maximum absolute atomic E-state index is 12.0. The number of aliphatic carboxylic acids is 2. The number of methoxy groups -OCH3 is 2. The molecule has 196 valence electrons. The number of rotatable bonds is 10. The van der Waals surface area contributed by atoms with E-state index in [2.05, 4.69) is 0 Å². The molecule has 4 rings (SSSR count). The summed E-state index contributed by atoms with van der Waals surface area (Å²) in [6, 6.07) is 21.5. The fourth-order valence-electron chi connectivity index (χ4n) is 4.09. The minimum absolute atomic E-state index is 0. The molecule has 4 aromatic carbocycles. The van der Waals surface area contributed by atoms with Gasteiger partial charge in [0.2, 0.25) is 0 Å². The van der Waals surface area contributed by atoms with Crippen molar-refractivity contribution < 1.29 is 38.9 Å². The molecule has 0 heterocycles. The van der Waals surface area contributed by atoms with E-state index in [-0.39, 0.29) is 60.3 Å². The van der Waals surface area contributed by atoms with Crippen LogP contribution in [0.1, 0.15) is 46.4 Å². The normalized spacial score (nSPS) is 10.1. The molecule has 0 aliphatic heterocycles. The Kier molecular flexibility index (Phi) is 11.9. The Hall–Kier alpha value is -3.95. The molecule has 0 aliphatic carbocycles. The molecule has 4 aromatic rings. The number of carbonyl (C=O) groups excluding carboxylic acids is 4. The minimum Gasteiger partial charge on any atom is -0.550 e. The molecule has 0 fully saturated rings. The number of hydrogen-bond acceptors (Lipinski definition) is 8. The van der Waals surface area contributed by atoms with Gasteiger partial charge in [0.25, 0.3) is 0 Å². The predicted octanol–water partition coefficient (Wildman–Crippen LogP) is 2.74. The third-order valence-corrected chi connectivity index (χ3v) is 5.92. The summed E-state index contributed by atoms with van der Waals surface area (Å²) in [5, 5.41) is 24.0. The van der Waals surface area contributed by atoms with E-state index in [1.165, 1.54) is 0 Å². The van der Waals surface area contributed by atoms with Crippen molar-refractivity contribution >= 4 is 68.1 Å². The molecule has 0 amide bonds. The Morgan fingerprint density at radius 1 is 0.538 bits per heavy atom. The van der Waals surface area contributed by atoms with Gasteiger partial charge in [0.05, 0.1) is 14.2 Å². The van der Waals surface area contributed by atoms with Crippen molar-refractivity contribution in [1.82, 2.24) is 0 Å². The van der Waals surface area contributed by atoms with Crippen LogP contribution in [0.4, 0.5) is 0 Å². The zero-order valence-electron chi connectivity index (χ0n) is 21.7. The number of ether oxygens (including phenoxy) is 2. The van der Waals surface area contributed by atoms with E-state index in [4.69, 9.17) is 9.47 Å². The fraction of sp³-hybridized carbons (Fsp3) is 0.200. The Morgan fingerprint density at radius 2 is 0.872 bits per heavy atom. The minimum atomic E-state index is -1.22. The second-order valence-corrected chi connectivity index (χ2v) is 8.31. The molecular formula is C30H26MgO8. The van der Waals surface area contributed by atoms with E-state index in [0.717, 1.165) is 21.5 Å². The van der Waals surface area contributed by atoms with Crippen LogP contribution in [-0.4, -0.2) is 60.8 Å². The summed E-state index contributed by atoms with van der Waals surface area (Å²) in [5.74, 6) is -1.47. The number of ketones is 2. The maximum atomic E-state index is 12.0. The Morgan fingerprint density at radius 3 is 1.18 bits per heavy atom. The average Bonchev–Trinajstić information content (AvgIpc) is 2.93. The number of carboxylic acids is 2. The molecule has 0 bridgehead atoms. The molecule has 0 aromatic heterocycles. The zero-order chi connectivity index (χ0) is 27.7. The summed E-state index contributed by atoms with van der Waals surface area (Å²) >= 11 is 0. The van der Waals surface area contributed by atoms with Gasteiger partial charge in [-0.25, -0.2) is 0 Å². The number of hydrogen-bond donors (Lipinski definition) is 0.